The molecule has 2 aromatic rings. The average molecular weight is 377 g/mol. The van der Waals surface area contributed by atoms with Crippen LogP contribution in [0.15, 0.2) is 47.6 Å². The Morgan fingerprint density at radius 3 is 2.68 bits per heavy atom. The molecule has 0 bridgehead atoms. The highest BCUT2D eigenvalue weighted by molar-refractivity contribution is 5.95. The molecule has 3 rings (SSSR count). The van der Waals surface area contributed by atoms with E-state index in [0.717, 1.165) is 11.1 Å². The van der Waals surface area contributed by atoms with E-state index in [-0.39, 0.29) is 11.4 Å². The number of rotatable bonds is 4. The molecular weight excluding hydrogens is 350 g/mol. The molecule has 0 aliphatic carbocycles. The molecule has 0 unspecified atom stereocenters. The zero-order chi connectivity index (χ0) is 20.5. The van der Waals surface area contributed by atoms with Crippen molar-refractivity contribution in [3.63, 3.8) is 0 Å². The molecule has 146 valence electrons. The first-order chi connectivity index (χ1) is 13.2. The molecule has 1 N–H and O–H groups in total. The van der Waals surface area contributed by atoms with Crippen molar-refractivity contribution in [2.75, 3.05) is 19.1 Å². The van der Waals surface area contributed by atoms with Crippen molar-refractivity contribution in [1.82, 2.24) is 5.43 Å². The maximum absolute atomic E-state index is 12.3. The van der Waals surface area contributed by atoms with Gasteiger partial charge in [0.1, 0.15) is 5.75 Å². The first-order valence-corrected chi connectivity index (χ1v) is 9.28. The van der Waals surface area contributed by atoms with E-state index in [2.05, 4.69) is 68.4 Å². The van der Waals surface area contributed by atoms with Gasteiger partial charge in [-0.25, -0.2) is 5.43 Å². The van der Waals surface area contributed by atoms with E-state index in [4.69, 9.17) is 4.74 Å². The van der Waals surface area contributed by atoms with Crippen molar-refractivity contribution in [2.45, 2.75) is 33.2 Å². The third-order valence-corrected chi connectivity index (χ3v) is 5.31. The van der Waals surface area contributed by atoms with E-state index in [9.17, 15) is 4.79 Å². The van der Waals surface area contributed by atoms with Crippen LogP contribution in [0, 0.1) is 6.92 Å². The molecule has 2 aromatic carbocycles. The van der Waals surface area contributed by atoms with Crippen molar-refractivity contribution >= 4 is 23.4 Å². The van der Waals surface area contributed by atoms with Crippen LogP contribution in [0.1, 0.15) is 47.8 Å². The van der Waals surface area contributed by atoms with Gasteiger partial charge in [0.2, 0.25) is 0 Å². The maximum atomic E-state index is 12.3. The largest absolute Gasteiger partial charge is 0.497 e. The van der Waals surface area contributed by atoms with Crippen LogP contribution in [0.2, 0.25) is 0 Å². The number of likely N-dealkylation sites (N-methyl/N-ethyl adjacent to an activating group) is 1. The summed E-state index contributed by atoms with van der Waals surface area (Å²) < 4.78 is 5.15. The fourth-order valence-corrected chi connectivity index (χ4v) is 3.45. The number of methoxy groups -OCH3 is 1. The molecule has 1 aliphatic rings. The number of aryl methyl sites for hydroxylation is 1. The molecule has 0 spiro atoms. The topological polar surface area (TPSA) is 53.9 Å². The van der Waals surface area contributed by atoms with Crippen LogP contribution in [-0.4, -0.2) is 31.8 Å². The molecule has 5 nitrogen and oxygen atoms in total. The van der Waals surface area contributed by atoms with Crippen LogP contribution in [0.3, 0.4) is 0 Å². The predicted molar refractivity (Wildman–Crippen MR) is 115 cm³/mol. The quantitative estimate of drug-likeness (QED) is 0.635. The Labute approximate surface area is 166 Å². The summed E-state index contributed by atoms with van der Waals surface area (Å²) >= 11 is 0. The van der Waals surface area contributed by atoms with Gasteiger partial charge in [0, 0.05) is 23.9 Å². The molecule has 0 fully saturated rings. The summed E-state index contributed by atoms with van der Waals surface area (Å²) in [5.41, 5.74) is 8.79. The smallest absolute Gasteiger partial charge is 0.271 e. The number of carbonyl (C=O) groups is 1. The van der Waals surface area contributed by atoms with Crippen LogP contribution < -0.4 is 15.1 Å². The molecule has 1 heterocycles. The van der Waals surface area contributed by atoms with Crippen LogP contribution in [0.5, 0.6) is 5.75 Å². The number of amides is 1. The summed E-state index contributed by atoms with van der Waals surface area (Å²) in [5.74, 6) is 0.361. The summed E-state index contributed by atoms with van der Waals surface area (Å²) in [5, 5.41) is 4.16. The van der Waals surface area contributed by atoms with Gasteiger partial charge in [-0.3, -0.25) is 4.79 Å². The fraction of sp³-hybridized carbons (Fsp3) is 0.304. The number of hydrazone groups is 1. The Kier molecular flexibility index (Phi) is 5.27. The van der Waals surface area contributed by atoms with Crippen LogP contribution >= 0.6 is 0 Å². The maximum Gasteiger partial charge on any atom is 0.271 e. The highest BCUT2D eigenvalue weighted by atomic mass is 16.5. The lowest BCUT2D eigenvalue weighted by Gasteiger charge is -2.41. The first kappa shape index (κ1) is 19.7. The van der Waals surface area contributed by atoms with Crippen molar-refractivity contribution in [3.8, 4) is 5.75 Å². The summed E-state index contributed by atoms with van der Waals surface area (Å²) in [6, 6.07) is 11.3. The van der Waals surface area contributed by atoms with Gasteiger partial charge in [0.05, 0.1) is 18.9 Å². The lowest BCUT2D eigenvalue weighted by molar-refractivity contribution is 0.0955. The second kappa shape index (κ2) is 7.50. The van der Waals surface area contributed by atoms with E-state index in [1.807, 2.05) is 0 Å². The molecule has 28 heavy (non-hydrogen) atoms. The molecule has 1 aliphatic heterocycles. The SMILES string of the molecule is COc1cccc(C(=O)N/N=C/c2cc3c(cc2C)N(C)C(C)(C)C=C3C)c1. The van der Waals surface area contributed by atoms with E-state index >= 15 is 0 Å². The number of anilines is 1. The third kappa shape index (κ3) is 3.79. The van der Waals surface area contributed by atoms with Gasteiger partial charge in [0.25, 0.3) is 5.91 Å². The molecular formula is C23H27N3O2. The minimum atomic E-state index is -0.275. The zero-order valence-electron chi connectivity index (χ0n) is 17.3. The normalized spacial score (nSPS) is 15.2. The Morgan fingerprint density at radius 2 is 1.96 bits per heavy atom. The summed E-state index contributed by atoms with van der Waals surface area (Å²) in [6.45, 7) is 8.60. The Morgan fingerprint density at radius 1 is 1.21 bits per heavy atom. The molecule has 0 radical (unpaired) electrons. The fourth-order valence-electron chi connectivity index (χ4n) is 3.45. The Bertz CT molecular complexity index is 974. The second-order valence-electron chi connectivity index (χ2n) is 7.70. The van der Waals surface area contributed by atoms with Gasteiger partial charge in [-0.05, 0) is 74.7 Å². The lowest BCUT2D eigenvalue weighted by atomic mass is 9.87. The highest BCUT2D eigenvalue weighted by Crippen LogP contribution is 2.38. The number of benzene rings is 2. The van der Waals surface area contributed by atoms with Gasteiger partial charge < -0.3 is 9.64 Å². The predicted octanol–water partition coefficient (Wildman–Crippen LogP) is 4.40. The highest BCUT2D eigenvalue weighted by Gasteiger charge is 2.28. The van der Waals surface area contributed by atoms with E-state index < -0.39 is 0 Å². The zero-order valence-corrected chi connectivity index (χ0v) is 17.3. The Balaban J connectivity index is 1.82. The second-order valence-corrected chi connectivity index (χ2v) is 7.70. The van der Waals surface area contributed by atoms with Gasteiger partial charge in [0.15, 0.2) is 0 Å². The molecule has 0 atom stereocenters. The molecule has 0 aromatic heterocycles. The minimum absolute atomic E-state index is 0.0240. The average Bonchev–Trinajstić information content (AvgIpc) is 2.66. The first-order valence-electron chi connectivity index (χ1n) is 9.28. The molecule has 0 saturated carbocycles. The number of hydrogen-bond donors (Lipinski definition) is 1. The van der Waals surface area contributed by atoms with Crippen LogP contribution in [0.25, 0.3) is 5.57 Å². The Hall–Kier alpha value is -3.08. The van der Waals surface area contributed by atoms with Crippen LogP contribution in [-0.2, 0) is 0 Å². The van der Waals surface area contributed by atoms with Crippen molar-refractivity contribution < 1.29 is 9.53 Å². The van der Waals surface area contributed by atoms with Gasteiger partial charge in [-0.1, -0.05) is 12.1 Å². The van der Waals surface area contributed by atoms with Crippen molar-refractivity contribution in [1.29, 1.82) is 0 Å². The summed E-state index contributed by atoms with van der Waals surface area (Å²) in [6.07, 6.45) is 3.97. The molecule has 1 amide bonds. The van der Waals surface area contributed by atoms with Crippen LogP contribution in [0.4, 0.5) is 5.69 Å². The number of allylic oxidation sites excluding steroid dienone is 1. The van der Waals surface area contributed by atoms with Gasteiger partial charge in [-0.2, -0.15) is 5.10 Å². The van der Waals surface area contributed by atoms with E-state index in [1.54, 1.807) is 37.6 Å². The number of fused-ring (bicyclic) bond motifs is 1. The van der Waals surface area contributed by atoms with Gasteiger partial charge in [-0.15, -0.1) is 0 Å². The number of carbonyl (C=O) groups excluding carboxylic acids is 1. The van der Waals surface area contributed by atoms with E-state index in [0.29, 0.717) is 11.3 Å². The number of nitrogens with zero attached hydrogens (tertiary/aromatic N) is 2. The standard InChI is InChI=1S/C23H27N3O2/c1-15-10-21-20(16(2)13-23(3,4)26(21)5)12-18(15)14-24-25-22(27)17-8-7-9-19(11-17)28-6/h7-14H,1-6H3,(H,25,27)/b24-14+. The van der Waals surface area contributed by atoms with Crippen molar-refractivity contribution in [3.05, 3.63) is 64.7 Å². The van der Waals surface area contributed by atoms with E-state index in [1.165, 1.54) is 16.8 Å². The molecule has 5 heteroatoms. The number of hydrogen-bond acceptors (Lipinski definition) is 4. The third-order valence-electron chi connectivity index (χ3n) is 5.31. The van der Waals surface area contributed by atoms with Gasteiger partial charge >= 0.3 is 0 Å². The summed E-state index contributed by atoms with van der Waals surface area (Å²) in [7, 11) is 3.69. The number of ether oxygens (including phenoxy) is 1. The number of nitrogens with one attached hydrogen (secondary N) is 1. The van der Waals surface area contributed by atoms with Crippen molar-refractivity contribution in [2.24, 2.45) is 5.10 Å². The summed E-state index contributed by atoms with van der Waals surface area (Å²) in [4.78, 5) is 14.6. The lowest BCUT2D eigenvalue weighted by Crippen LogP contribution is -2.42. The minimum Gasteiger partial charge on any atom is -0.497 e. The monoisotopic (exact) mass is 377 g/mol. The molecule has 0 saturated heterocycles.